The third kappa shape index (κ3) is 3.17. The van der Waals surface area contributed by atoms with Gasteiger partial charge in [0.2, 0.25) is 0 Å². The molecule has 0 aromatic carbocycles. The van der Waals surface area contributed by atoms with Crippen molar-refractivity contribution in [1.29, 1.82) is 0 Å². The summed E-state index contributed by atoms with van der Waals surface area (Å²) in [6.45, 7) is 2.97. The summed E-state index contributed by atoms with van der Waals surface area (Å²) in [5, 5.41) is 0.567. The summed E-state index contributed by atoms with van der Waals surface area (Å²) < 4.78 is 5.39. The van der Waals surface area contributed by atoms with Gasteiger partial charge in [0.05, 0.1) is 11.8 Å². The average molecular weight is 241 g/mol. The van der Waals surface area contributed by atoms with Gasteiger partial charge in [0.1, 0.15) is 5.15 Å². The Hall–Kier alpha value is -0.640. The van der Waals surface area contributed by atoms with Crippen LogP contribution >= 0.6 is 11.6 Å². The minimum absolute atomic E-state index is 0.368. The van der Waals surface area contributed by atoms with Gasteiger partial charge in [-0.15, -0.1) is 0 Å². The second kappa shape index (κ2) is 5.62. The fourth-order valence-electron chi connectivity index (χ4n) is 2.12. The van der Waals surface area contributed by atoms with Gasteiger partial charge >= 0.3 is 0 Å². The second-order valence-electron chi connectivity index (χ2n) is 4.19. The SMILES string of the molecule is COC1CCCN(Cc2cccc(Cl)n2)C1. The van der Waals surface area contributed by atoms with E-state index in [2.05, 4.69) is 9.88 Å². The van der Waals surface area contributed by atoms with E-state index in [1.807, 2.05) is 12.1 Å². The molecular formula is C12H17ClN2O. The van der Waals surface area contributed by atoms with Gasteiger partial charge in [0.15, 0.2) is 0 Å². The Labute approximate surface area is 101 Å². The molecule has 2 heterocycles. The monoisotopic (exact) mass is 240 g/mol. The molecule has 0 spiro atoms. The van der Waals surface area contributed by atoms with Crippen LogP contribution in [0.1, 0.15) is 18.5 Å². The van der Waals surface area contributed by atoms with Crippen molar-refractivity contribution in [2.24, 2.45) is 0 Å². The van der Waals surface area contributed by atoms with Gasteiger partial charge in [-0.2, -0.15) is 0 Å². The van der Waals surface area contributed by atoms with Gasteiger partial charge in [-0.25, -0.2) is 4.98 Å². The summed E-state index contributed by atoms with van der Waals surface area (Å²) in [5.41, 5.74) is 1.03. The highest BCUT2D eigenvalue weighted by Crippen LogP contribution is 2.15. The number of aromatic nitrogens is 1. The summed E-state index contributed by atoms with van der Waals surface area (Å²) in [6, 6.07) is 5.77. The van der Waals surface area contributed by atoms with Gasteiger partial charge in [-0.3, -0.25) is 4.90 Å². The number of piperidine rings is 1. The molecule has 1 aromatic heterocycles. The summed E-state index contributed by atoms with van der Waals surface area (Å²) in [5.74, 6) is 0. The normalized spacial score (nSPS) is 22.2. The molecule has 88 valence electrons. The van der Waals surface area contributed by atoms with Crippen LogP contribution in [0.15, 0.2) is 18.2 Å². The van der Waals surface area contributed by atoms with Crippen molar-refractivity contribution in [2.45, 2.75) is 25.5 Å². The molecule has 3 nitrogen and oxygen atoms in total. The fraction of sp³-hybridized carbons (Fsp3) is 0.583. The van der Waals surface area contributed by atoms with E-state index < -0.39 is 0 Å². The van der Waals surface area contributed by atoms with E-state index >= 15 is 0 Å². The Kier molecular flexibility index (Phi) is 4.16. The van der Waals surface area contributed by atoms with Crippen LogP contribution in [0.3, 0.4) is 0 Å². The minimum Gasteiger partial charge on any atom is -0.380 e. The lowest BCUT2D eigenvalue weighted by Gasteiger charge is -2.31. The molecule has 0 N–H and O–H groups in total. The van der Waals surface area contributed by atoms with Crippen LogP contribution in [0.4, 0.5) is 0 Å². The lowest BCUT2D eigenvalue weighted by molar-refractivity contribution is 0.0281. The van der Waals surface area contributed by atoms with Crippen molar-refractivity contribution in [3.8, 4) is 0 Å². The number of hydrogen-bond donors (Lipinski definition) is 0. The first-order valence-electron chi connectivity index (χ1n) is 5.64. The van der Waals surface area contributed by atoms with Crippen molar-refractivity contribution in [3.63, 3.8) is 0 Å². The van der Waals surface area contributed by atoms with Gasteiger partial charge in [-0.1, -0.05) is 17.7 Å². The zero-order valence-corrected chi connectivity index (χ0v) is 10.3. The smallest absolute Gasteiger partial charge is 0.129 e. The summed E-state index contributed by atoms with van der Waals surface area (Å²) in [7, 11) is 1.78. The van der Waals surface area contributed by atoms with Crippen LogP contribution in [0.25, 0.3) is 0 Å². The molecule has 1 atom stereocenters. The first kappa shape index (κ1) is 11.8. The molecule has 1 aliphatic rings. The highest BCUT2D eigenvalue weighted by atomic mass is 35.5. The van der Waals surface area contributed by atoms with E-state index in [0.29, 0.717) is 11.3 Å². The van der Waals surface area contributed by atoms with Crippen LogP contribution < -0.4 is 0 Å². The number of nitrogens with zero attached hydrogens (tertiary/aromatic N) is 2. The maximum atomic E-state index is 5.86. The summed E-state index contributed by atoms with van der Waals surface area (Å²) >= 11 is 5.86. The van der Waals surface area contributed by atoms with Gasteiger partial charge < -0.3 is 4.74 Å². The molecule has 1 aliphatic heterocycles. The van der Waals surface area contributed by atoms with Gasteiger partial charge in [-0.05, 0) is 31.5 Å². The Balaban J connectivity index is 1.94. The number of hydrogen-bond acceptors (Lipinski definition) is 3. The zero-order valence-electron chi connectivity index (χ0n) is 9.53. The number of halogens is 1. The Morgan fingerprint density at radius 1 is 1.56 bits per heavy atom. The maximum Gasteiger partial charge on any atom is 0.129 e. The topological polar surface area (TPSA) is 25.4 Å². The largest absolute Gasteiger partial charge is 0.380 e. The summed E-state index contributed by atoms with van der Waals surface area (Å²) in [6.07, 6.45) is 2.72. The van der Waals surface area contributed by atoms with Crippen LogP contribution in [-0.4, -0.2) is 36.2 Å². The van der Waals surface area contributed by atoms with E-state index in [-0.39, 0.29) is 0 Å². The molecule has 2 rings (SSSR count). The predicted molar refractivity (Wildman–Crippen MR) is 64.6 cm³/mol. The van der Waals surface area contributed by atoms with E-state index in [9.17, 15) is 0 Å². The Morgan fingerprint density at radius 3 is 3.19 bits per heavy atom. The van der Waals surface area contributed by atoms with E-state index in [1.54, 1.807) is 13.2 Å². The highest BCUT2D eigenvalue weighted by molar-refractivity contribution is 6.29. The Bertz CT molecular complexity index is 346. The molecule has 1 fully saturated rings. The molecule has 16 heavy (non-hydrogen) atoms. The standard InChI is InChI=1S/C12H17ClN2O/c1-16-11-5-3-7-15(9-11)8-10-4-2-6-12(13)14-10/h2,4,6,11H,3,5,7-9H2,1H3. The van der Waals surface area contributed by atoms with Crippen molar-refractivity contribution < 1.29 is 4.74 Å². The molecule has 0 amide bonds. The number of likely N-dealkylation sites (tertiary alicyclic amines) is 1. The van der Waals surface area contributed by atoms with Gasteiger partial charge in [0, 0.05) is 20.2 Å². The first-order chi connectivity index (χ1) is 7.78. The van der Waals surface area contributed by atoms with Crippen molar-refractivity contribution in [1.82, 2.24) is 9.88 Å². The van der Waals surface area contributed by atoms with Crippen LogP contribution in [0.2, 0.25) is 5.15 Å². The van der Waals surface area contributed by atoms with Crippen molar-refractivity contribution in [3.05, 3.63) is 29.0 Å². The molecular weight excluding hydrogens is 224 g/mol. The van der Waals surface area contributed by atoms with Crippen LogP contribution in [0.5, 0.6) is 0 Å². The number of methoxy groups -OCH3 is 1. The van der Waals surface area contributed by atoms with Crippen molar-refractivity contribution >= 4 is 11.6 Å². The van der Waals surface area contributed by atoms with Gasteiger partial charge in [0.25, 0.3) is 0 Å². The minimum atomic E-state index is 0.368. The quantitative estimate of drug-likeness (QED) is 0.759. The maximum absolute atomic E-state index is 5.86. The molecule has 1 saturated heterocycles. The highest BCUT2D eigenvalue weighted by Gasteiger charge is 2.19. The van der Waals surface area contributed by atoms with E-state index in [0.717, 1.165) is 31.7 Å². The van der Waals surface area contributed by atoms with E-state index in [1.165, 1.54) is 6.42 Å². The predicted octanol–water partition coefficient (Wildman–Crippen LogP) is 2.35. The number of pyridine rings is 1. The van der Waals surface area contributed by atoms with E-state index in [4.69, 9.17) is 16.3 Å². The number of rotatable bonds is 3. The molecule has 0 bridgehead atoms. The number of ether oxygens (including phenoxy) is 1. The fourth-order valence-corrected chi connectivity index (χ4v) is 2.30. The van der Waals surface area contributed by atoms with Crippen LogP contribution in [0, 0.1) is 0 Å². The molecule has 0 radical (unpaired) electrons. The lowest BCUT2D eigenvalue weighted by atomic mass is 10.1. The van der Waals surface area contributed by atoms with Crippen molar-refractivity contribution in [2.75, 3.05) is 20.2 Å². The molecule has 1 unspecified atom stereocenters. The Morgan fingerprint density at radius 2 is 2.44 bits per heavy atom. The third-order valence-corrected chi connectivity index (χ3v) is 3.16. The molecule has 0 aliphatic carbocycles. The average Bonchev–Trinajstić information content (AvgIpc) is 2.29. The zero-order chi connectivity index (χ0) is 11.4. The molecule has 1 aromatic rings. The lowest BCUT2D eigenvalue weighted by Crippen LogP contribution is -2.38. The third-order valence-electron chi connectivity index (χ3n) is 2.95. The first-order valence-corrected chi connectivity index (χ1v) is 6.02. The molecule has 0 saturated carbocycles. The molecule has 4 heteroatoms. The van der Waals surface area contributed by atoms with Crippen LogP contribution in [-0.2, 0) is 11.3 Å². The second-order valence-corrected chi connectivity index (χ2v) is 4.57. The summed E-state index contributed by atoms with van der Waals surface area (Å²) in [4.78, 5) is 6.67.